The summed E-state index contributed by atoms with van der Waals surface area (Å²) < 4.78 is 10.9. The van der Waals surface area contributed by atoms with Crippen molar-refractivity contribution in [1.82, 2.24) is 0 Å². The average molecular weight is 218 g/mol. The Morgan fingerprint density at radius 3 is 2.00 bits per heavy atom. The second-order valence-corrected chi connectivity index (χ2v) is 11.4. The molecule has 0 N–H and O–H groups in total. The van der Waals surface area contributed by atoms with Crippen LogP contribution in [-0.4, -0.2) is 27.2 Å². The highest BCUT2D eigenvalue weighted by atomic mass is 28.3. The maximum atomic E-state index is 5.58. The van der Waals surface area contributed by atoms with Crippen LogP contribution in [0.3, 0.4) is 0 Å². The van der Waals surface area contributed by atoms with Gasteiger partial charge in [-0.1, -0.05) is 33.9 Å². The van der Waals surface area contributed by atoms with Crippen molar-refractivity contribution in [3.63, 3.8) is 0 Å². The van der Waals surface area contributed by atoms with Gasteiger partial charge < -0.3 is 9.47 Å². The summed E-state index contributed by atoms with van der Waals surface area (Å²) in [5.41, 5.74) is 0. The van der Waals surface area contributed by atoms with Crippen molar-refractivity contribution >= 4 is 8.07 Å². The first-order chi connectivity index (χ1) is 6.17. The minimum atomic E-state index is -1.28. The molecule has 0 aliphatic heterocycles. The van der Waals surface area contributed by atoms with E-state index in [1.807, 2.05) is 13.8 Å². The van der Waals surface area contributed by atoms with Gasteiger partial charge in [-0.15, -0.1) is 0 Å². The van der Waals surface area contributed by atoms with Crippen molar-refractivity contribution in [1.29, 1.82) is 0 Å². The zero-order valence-electron chi connectivity index (χ0n) is 10.8. The molecule has 0 aromatic rings. The summed E-state index contributed by atoms with van der Waals surface area (Å²) in [6, 6.07) is 0. The molecule has 0 spiro atoms. The molecule has 3 heteroatoms. The van der Waals surface area contributed by atoms with Gasteiger partial charge in [-0.05, 0) is 18.9 Å². The van der Waals surface area contributed by atoms with Gasteiger partial charge in [0.2, 0.25) is 0 Å². The Hall–Kier alpha value is 0.137. The molecule has 0 saturated heterocycles. The lowest BCUT2D eigenvalue weighted by molar-refractivity contribution is -0.0671. The maximum Gasteiger partial charge on any atom is 0.146 e. The molecule has 0 amide bonds. The zero-order chi connectivity index (χ0) is 11.4. The molecule has 0 radical (unpaired) electrons. The van der Waals surface area contributed by atoms with E-state index in [4.69, 9.17) is 9.47 Å². The highest BCUT2D eigenvalue weighted by Crippen LogP contribution is 2.35. The van der Waals surface area contributed by atoms with Gasteiger partial charge >= 0.3 is 0 Å². The lowest BCUT2D eigenvalue weighted by Gasteiger charge is -2.36. The lowest BCUT2D eigenvalue weighted by Crippen LogP contribution is -2.42. The second-order valence-electron chi connectivity index (χ2n) is 5.82. The van der Waals surface area contributed by atoms with E-state index in [-0.39, 0.29) is 6.10 Å². The van der Waals surface area contributed by atoms with E-state index in [1.54, 1.807) is 0 Å². The van der Waals surface area contributed by atoms with Gasteiger partial charge in [-0.25, -0.2) is 0 Å². The summed E-state index contributed by atoms with van der Waals surface area (Å²) in [6.07, 6.45) is 1.14. The van der Waals surface area contributed by atoms with E-state index in [9.17, 15) is 0 Å². The normalized spacial score (nSPS) is 13.7. The van der Waals surface area contributed by atoms with Crippen LogP contribution in [-0.2, 0) is 9.47 Å². The minimum Gasteiger partial charge on any atom is -0.359 e. The van der Waals surface area contributed by atoms with Crippen LogP contribution in [0.4, 0.5) is 0 Å². The molecule has 0 unspecified atom stereocenters. The van der Waals surface area contributed by atoms with Gasteiger partial charge in [0.1, 0.15) is 6.79 Å². The average Bonchev–Trinajstić information content (AvgIpc) is 1.95. The van der Waals surface area contributed by atoms with Crippen LogP contribution in [0, 0.1) is 0 Å². The highest BCUT2D eigenvalue weighted by Gasteiger charge is 2.35. The van der Waals surface area contributed by atoms with E-state index < -0.39 is 8.07 Å². The van der Waals surface area contributed by atoms with Gasteiger partial charge in [0, 0.05) is 6.23 Å². The van der Waals surface area contributed by atoms with Gasteiger partial charge in [0.15, 0.2) is 0 Å². The largest absolute Gasteiger partial charge is 0.359 e. The van der Waals surface area contributed by atoms with Crippen molar-refractivity contribution in [3.05, 3.63) is 0 Å². The van der Waals surface area contributed by atoms with Gasteiger partial charge in [-0.2, -0.15) is 0 Å². The van der Waals surface area contributed by atoms with Gasteiger partial charge in [-0.3, -0.25) is 0 Å². The second kappa shape index (κ2) is 5.28. The van der Waals surface area contributed by atoms with E-state index in [0.717, 1.165) is 6.23 Å². The Morgan fingerprint density at radius 1 is 1.14 bits per heavy atom. The first-order valence-electron chi connectivity index (χ1n) is 5.36. The van der Waals surface area contributed by atoms with Crippen molar-refractivity contribution < 1.29 is 9.47 Å². The van der Waals surface area contributed by atoms with Crippen LogP contribution in [0.1, 0.15) is 34.6 Å². The molecule has 0 aliphatic carbocycles. The number of hydrogen-bond acceptors (Lipinski definition) is 2. The fourth-order valence-corrected chi connectivity index (χ4v) is 1.72. The Morgan fingerprint density at radius 2 is 1.64 bits per heavy atom. The lowest BCUT2D eigenvalue weighted by atomic mass is 10.2. The molecule has 0 aromatic heterocycles. The van der Waals surface area contributed by atoms with Crippen LogP contribution < -0.4 is 0 Å². The Balaban J connectivity index is 3.78. The summed E-state index contributed by atoms with van der Waals surface area (Å²) >= 11 is 0. The SMILES string of the molecule is CC(C)OCOC[Si](C)(C)C(C)(C)C. The number of ether oxygens (including phenoxy) is 2. The fraction of sp³-hybridized carbons (Fsp3) is 1.00. The number of hydrogen-bond donors (Lipinski definition) is 0. The van der Waals surface area contributed by atoms with Gasteiger partial charge in [0.05, 0.1) is 14.2 Å². The third kappa shape index (κ3) is 5.13. The predicted molar refractivity (Wildman–Crippen MR) is 64.2 cm³/mol. The maximum absolute atomic E-state index is 5.58. The highest BCUT2D eigenvalue weighted by molar-refractivity contribution is 6.80. The first kappa shape index (κ1) is 14.1. The Bertz CT molecular complexity index is 159. The molecule has 86 valence electrons. The quantitative estimate of drug-likeness (QED) is 0.400. The molecule has 0 saturated carbocycles. The van der Waals surface area contributed by atoms with Crippen molar-refractivity contribution in [3.8, 4) is 0 Å². The van der Waals surface area contributed by atoms with E-state index in [0.29, 0.717) is 11.8 Å². The third-order valence-corrected chi connectivity index (χ3v) is 7.96. The summed E-state index contributed by atoms with van der Waals surface area (Å²) in [5, 5.41) is 0.394. The molecule has 14 heavy (non-hydrogen) atoms. The summed E-state index contributed by atoms with van der Waals surface area (Å²) in [4.78, 5) is 0. The van der Waals surface area contributed by atoms with Gasteiger partial charge in [0.25, 0.3) is 0 Å². The smallest absolute Gasteiger partial charge is 0.146 e. The van der Waals surface area contributed by atoms with E-state index in [1.165, 1.54) is 0 Å². The molecule has 0 atom stereocenters. The minimum absolute atomic E-state index is 0.259. The van der Waals surface area contributed by atoms with Crippen LogP contribution in [0.25, 0.3) is 0 Å². The molecular formula is C11H26O2Si. The summed E-state index contributed by atoms with van der Waals surface area (Å²) in [6.45, 7) is 16.1. The standard InChI is InChI=1S/C11H26O2Si/c1-10(2)13-8-12-9-14(6,7)11(3,4)5/h10H,8-9H2,1-7H3. The summed E-state index contributed by atoms with van der Waals surface area (Å²) in [7, 11) is -1.28. The molecule has 2 nitrogen and oxygen atoms in total. The molecule has 0 aromatic carbocycles. The Labute approximate surface area is 90.0 Å². The topological polar surface area (TPSA) is 18.5 Å². The summed E-state index contributed by atoms with van der Waals surface area (Å²) in [5.74, 6) is 0. The van der Waals surface area contributed by atoms with E-state index >= 15 is 0 Å². The first-order valence-corrected chi connectivity index (χ1v) is 8.57. The van der Waals surface area contributed by atoms with Crippen LogP contribution in [0.2, 0.25) is 18.1 Å². The molecule has 0 bridgehead atoms. The monoisotopic (exact) mass is 218 g/mol. The number of rotatable bonds is 5. The van der Waals surface area contributed by atoms with Crippen molar-refractivity contribution in [2.24, 2.45) is 0 Å². The predicted octanol–water partition coefficient (Wildman–Crippen LogP) is 3.43. The Kier molecular flexibility index (Phi) is 5.34. The van der Waals surface area contributed by atoms with Crippen LogP contribution >= 0.6 is 0 Å². The van der Waals surface area contributed by atoms with Crippen LogP contribution in [0.5, 0.6) is 0 Å². The molecule has 0 rings (SSSR count). The van der Waals surface area contributed by atoms with Crippen molar-refractivity contribution in [2.75, 3.05) is 13.0 Å². The molecule has 0 aliphatic rings. The fourth-order valence-electron chi connectivity index (χ4n) is 0.698. The third-order valence-electron chi connectivity index (χ3n) is 2.98. The van der Waals surface area contributed by atoms with Crippen LogP contribution in [0.15, 0.2) is 0 Å². The van der Waals surface area contributed by atoms with E-state index in [2.05, 4.69) is 33.9 Å². The molecule has 0 fully saturated rings. The molecule has 0 heterocycles. The van der Waals surface area contributed by atoms with Crippen molar-refractivity contribution in [2.45, 2.75) is 58.9 Å². The zero-order valence-corrected chi connectivity index (χ0v) is 11.8. The molecular weight excluding hydrogens is 192 g/mol.